The first kappa shape index (κ1) is 21.5. The summed E-state index contributed by atoms with van der Waals surface area (Å²) in [7, 11) is 0. The lowest BCUT2D eigenvalue weighted by atomic mass is 9.49. The van der Waals surface area contributed by atoms with Crippen LogP contribution in [0.5, 0.6) is 0 Å². The monoisotopic (exact) mass is 460 g/mol. The molecule has 34 heavy (non-hydrogen) atoms. The van der Waals surface area contributed by atoms with Gasteiger partial charge in [0, 0.05) is 6.54 Å². The van der Waals surface area contributed by atoms with Crippen LogP contribution >= 0.6 is 0 Å². The predicted molar refractivity (Wildman–Crippen MR) is 125 cm³/mol. The summed E-state index contributed by atoms with van der Waals surface area (Å²) in [5, 5.41) is 0. The molecule has 6 heteroatoms. The minimum absolute atomic E-state index is 0.0405. The number of hydrogen-bond acceptors (Lipinski definition) is 3. The van der Waals surface area contributed by atoms with Gasteiger partial charge in [-0.3, -0.25) is 14.4 Å². The second-order valence-corrected chi connectivity index (χ2v) is 10.9. The van der Waals surface area contributed by atoms with E-state index in [9.17, 15) is 18.8 Å². The van der Waals surface area contributed by atoms with E-state index >= 15 is 0 Å². The van der Waals surface area contributed by atoms with Gasteiger partial charge in [0.15, 0.2) is 0 Å². The van der Waals surface area contributed by atoms with Gasteiger partial charge < -0.3 is 4.90 Å². The molecule has 2 aromatic rings. The number of halogens is 1. The van der Waals surface area contributed by atoms with Gasteiger partial charge in [-0.1, -0.05) is 30.3 Å². The molecule has 5 fully saturated rings. The first-order valence-corrected chi connectivity index (χ1v) is 12.4. The zero-order valence-corrected chi connectivity index (χ0v) is 19.2. The standard InChI is InChI=1S/C28H29FN2O3/c29-22-6-8-23(9-7-22)31-25(32)13-24(26(31)33)30(17-18-4-2-1-3-5-18)27(34)28-14-19-10-20(15-28)12-21(11-19)16-28/h1-9,19-21,24H,10-17H2. The Morgan fingerprint density at radius 1 is 0.912 bits per heavy atom. The van der Waals surface area contributed by atoms with Gasteiger partial charge in [-0.15, -0.1) is 0 Å². The van der Waals surface area contributed by atoms with Crippen molar-refractivity contribution >= 4 is 23.4 Å². The summed E-state index contributed by atoms with van der Waals surface area (Å²) in [6, 6.07) is 14.2. The van der Waals surface area contributed by atoms with Crippen LogP contribution in [0.2, 0.25) is 0 Å². The number of rotatable bonds is 5. The molecule has 2 aromatic carbocycles. The van der Waals surface area contributed by atoms with Gasteiger partial charge in [-0.2, -0.15) is 0 Å². The third-order valence-corrected chi connectivity index (χ3v) is 8.53. The molecule has 0 N–H and O–H groups in total. The summed E-state index contributed by atoms with van der Waals surface area (Å²) in [5.41, 5.74) is 0.887. The van der Waals surface area contributed by atoms with Crippen molar-refractivity contribution in [3.05, 3.63) is 66.0 Å². The Labute approximate surface area is 198 Å². The molecule has 1 aliphatic heterocycles. The van der Waals surface area contributed by atoms with Crippen LogP contribution < -0.4 is 4.90 Å². The fourth-order valence-electron chi connectivity index (χ4n) is 7.50. The molecular weight excluding hydrogens is 431 g/mol. The lowest BCUT2D eigenvalue weighted by molar-refractivity contribution is -0.162. The smallest absolute Gasteiger partial charge is 0.257 e. The number of imide groups is 1. The van der Waals surface area contributed by atoms with Crippen molar-refractivity contribution in [3.8, 4) is 0 Å². The molecule has 3 amide bonds. The molecule has 0 radical (unpaired) electrons. The van der Waals surface area contributed by atoms with Crippen LogP contribution in [-0.4, -0.2) is 28.7 Å². The van der Waals surface area contributed by atoms with E-state index in [0.29, 0.717) is 30.0 Å². The first-order chi connectivity index (χ1) is 16.4. The van der Waals surface area contributed by atoms with E-state index in [1.165, 1.54) is 43.5 Å². The fourth-order valence-corrected chi connectivity index (χ4v) is 7.50. The van der Waals surface area contributed by atoms with E-state index in [1.54, 1.807) is 4.90 Å². The van der Waals surface area contributed by atoms with E-state index < -0.39 is 23.2 Å². The Hall–Kier alpha value is -3.02. The van der Waals surface area contributed by atoms with Crippen LogP contribution in [0.4, 0.5) is 10.1 Å². The minimum atomic E-state index is -0.835. The van der Waals surface area contributed by atoms with Gasteiger partial charge in [0.25, 0.3) is 5.91 Å². The number of carbonyl (C=O) groups is 3. The summed E-state index contributed by atoms with van der Waals surface area (Å²) in [6.45, 7) is 0.308. The molecule has 1 saturated heterocycles. The maximum absolute atomic E-state index is 14.3. The Balaban J connectivity index is 1.34. The number of nitrogens with zero attached hydrogens (tertiary/aromatic N) is 2. The molecule has 5 aliphatic rings. The van der Waals surface area contributed by atoms with E-state index in [2.05, 4.69) is 0 Å². The second-order valence-electron chi connectivity index (χ2n) is 10.9. The number of amides is 3. The van der Waals surface area contributed by atoms with Gasteiger partial charge in [-0.25, -0.2) is 9.29 Å². The van der Waals surface area contributed by atoms with Crippen molar-refractivity contribution in [1.82, 2.24) is 4.90 Å². The van der Waals surface area contributed by atoms with Crippen LogP contribution in [0.15, 0.2) is 54.6 Å². The number of hydrogen-bond donors (Lipinski definition) is 0. The zero-order valence-electron chi connectivity index (χ0n) is 19.2. The average Bonchev–Trinajstić information content (AvgIpc) is 3.11. The van der Waals surface area contributed by atoms with Crippen molar-refractivity contribution in [2.75, 3.05) is 4.90 Å². The average molecular weight is 461 g/mol. The molecular formula is C28H29FN2O3. The summed E-state index contributed by atoms with van der Waals surface area (Å²) in [5.74, 6) is 0.675. The quantitative estimate of drug-likeness (QED) is 0.608. The zero-order chi connectivity index (χ0) is 23.4. The second kappa shape index (κ2) is 8.03. The van der Waals surface area contributed by atoms with Crippen LogP contribution in [0, 0.1) is 29.0 Å². The lowest BCUT2D eigenvalue weighted by Gasteiger charge is -2.57. The molecule has 1 heterocycles. The largest absolute Gasteiger partial charge is 0.325 e. The van der Waals surface area contributed by atoms with Crippen LogP contribution in [0.3, 0.4) is 0 Å². The Morgan fingerprint density at radius 2 is 1.50 bits per heavy atom. The van der Waals surface area contributed by atoms with Crippen LogP contribution in [0.1, 0.15) is 50.5 Å². The topological polar surface area (TPSA) is 57.7 Å². The summed E-state index contributed by atoms with van der Waals surface area (Å²) in [6.07, 6.45) is 6.35. The van der Waals surface area contributed by atoms with Crippen molar-refractivity contribution in [1.29, 1.82) is 0 Å². The summed E-state index contributed by atoms with van der Waals surface area (Å²) >= 11 is 0. The van der Waals surface area contributed by atoms with Crippen molar-refractivity contribution in [2.45, 2.75) is 57.5 Å². The molecule has 7 rings (SSSR count). The predicted octanol–water partition coefficient (Wildman–Crippen LogP) is 4.70. The third kappa shape index (κ3) is 3.55. The highest BCUT2D eigenvalue weighted by atomic mass is 19.1. The molecule has 4 saturated carbocycles. The molecule has 1 unspecified atom stereocenters. The molecule has 176 valence electrons. The highest BCUT2D eigenvalue weighted by molar-refractivity contribution is 6.23. The first-order valence-electron chi connectivity index (χ1n) is 12.4. The van der Waals surface area contributed by atoms with Gasteiger partial charge >= 0.3 is 0 Å². The van der Waals surface area contributed by atoms with Crippen molar-refractivity contribution in [3.63, 3.8) is 0 Å². The SMILES string of the molecule is O=C1CC(N(Cc2ccccc2)C(=O)C23CC4CC(CC(C4)C2)C3)C(=O)N1c1ccc(F)cc1. The van der Waals surface area contributed by atoms with E-state index in [0.717, 1.165) is 29.7 Å². The maximum Gasteiger partial charge on any atom is 0.257 e. The molecule has 0 spiro atoms. The minimum Gasteiger partial charge on any atom is -0.325 e. The Morgan fingerprint density at radius 3 is 2.09 bits per heavy atom. The normalized spacial score (nSPS) is 31.9. The molecule has 0 aromatic heterocycles. The molecule has 4 aliphatic carbocycles. The number of benzene rings is 2. The van der Waals surface area contributed by atoms with Gasteiger partial charge in [0.05, 0.1) is 17.5 Å². The third-order valence-electron chi connectivity index (χ3n) is 8.53. The molecule has 1 atom stereocenters. The Bertz CT molecular complexity index is 1090. The molecule has 4 bridgehead atoms. The summed E-state index contributed by atoms with van der Waals surface area (Å²) in [4.78, 5) is 43.7. The highest BCUT2D eigenvalue weighted by Crippen LogP contribution is 2.60. The fraction of sp³-hybridized carbons (Fsp3) is 0.464. The van der Waals surface area contributed by atoms with E-state index in [4.69, 9.17) is 0 Å². The van der Waals surface area contributed by atoms with Gasteiger partial charge in [-0.05, 0) is 86.1 Å². The van der Waals surface area contributed by atoms with Crippen molar-refractivity contribution in [2.24, 2.45) is 23.2 Å². The molecule has 5 nitrogen and oxygen atoms in total. The lowest BCUT2D eigenvalue weighted by Crippen LogP contribution is -2.57. The van der Waals surface area contributed by atoms with Crippen molar-refractivity contribution < 1.29 is 18.8 Å². The summed E-state index contributed by atoms with van der Waals surface area (Å²) < 4.78 is 13.4. The number of anilines is 1. The van der Waals surface area contributed by atoms with E-state index in [1.807, 2.05) is 30.3 Å². The number of carbonyl (C=O) groups excluding carboxylic acids is 3. The maximum atomic E-state index is 14.3. The van der Waals surface area contributed by atoms with Gasteiger partial charge in [0.1, 0.15) is 11.9 Å². The van der Waals surface area contributed by atoms with Crippen LogP contribution in [0.25, 0.3) is 0 Å². The van der Waals surface area contributed by atoms with E-state index in [-0.39, 0.29) is 18.2 Å². The van der Waals surface area contributed by atoms with Crippen LogP contribution in [-0.2, 0) is 20.9 Å². The van der Waals surface area contributed by atoms with Gasteiger partial charge in [0.2, 0.25) is 11.8 Å². The Kier molecular flexibility index (Phi) is 5.08. The highest BCUT2D eigenvalue weighted by Gasteiger charge is 2.57.